The van der Waals surface area contributed by atoms with Crippen molar-refractivity contribution in [2.24, 2.45) is 5.73 Å². The van der Waals surface area contributed by atoms with Crippen molar-refractivity contribution in [1.82, 2.24) is 0 Å². The van der Waals surface area contributed by atoms with Crippen molar-refractivity contribution in [1.29, 1.82) is 0 Å². The zero-order chi connectivity index (χ0) is 8.15. The molecular formula is C7H15NO2. The van der Waals surface area contributed by atoms with E-state index in [1.54, 1.807) is 0 Å². The van der Waals surface area contributed by atoms with Crippen molar-refractivity contribution in [3.8, 4) is 0 Å². The molecule has 0 aliphatic rings. The zero-order valence-electron chi connectivity index (χ0n) is 6.50. The highest BCUT2D eigenvalue weighted by atomic mass is 16.3. The Morgan fingerprint density at radius 1 is 1.70 bits per heavy atom. The predicted molar refractivity (Wildman–Crippen MR) is 39.6 cm³/mol. The van der Waals surface area contributed by atoms with Crippen LogP contribution in [-0.4, -0.2) is 23.0 Å². The number of rotatable bonds is 4. The molecule has 0 aliphatic heterocycles. The Morgan fingerprint density at radius 3 is 2.50 bits per heavy atom. The van der Waals surface area contributed by atoms with Crippen LogP contribution in [0.1, 0.15) is 26.7 Å². The molecule has 3 nitrogen and oxygen atoms in total. The molecule has 0 fully saturated rings. The molecule has 0 aromatic carbocycles. The van der Waals surface area contributed by atoms with E-state index in [0.717, 1.165) is 6.42 Å². The fourth-order valence-electron chi connectivity index (χ4n) is 0.793. The van der Waals surface area contributed by atoms with E-state index in [0.29, 0.717) is 6.42 Å². The highest BCUT2D eigenvalue weighted by molar-refractivity contribution is 5.80. The van der Waals surface area contributed by atoms with E-state index in [1.165, 1.54) is 6.92 Å². The monoisotopic (exact) mass is 145 g/mol. The first-order valence-electron chi connectivity index (χ1n) is 3.53. The second-order valence-electron chi connectivity index (χ2n) is 2.51. The molecule has 2 unspecified atom stereocenters. The Hall–Kier alpha value is -0.410. The lowest BCUT2D eigenvalue weighted by atomic mass is 10.0. The van der Waals surface area contributed by atoms with Gasteiger partial charge in [-0.05, 0) is 13.3 Å². The Balaban J connectivity index is 3.69. The molecule has 0 aliphatic carbocycles. The number of carbonyl (C=O) groups is 1. The minimum atomic E-state index is -0.972. The van der Waals surface area contributed by atoms with Gasteiger partial charge in [-0.15, -0.1) is 0 Å². The number of aliphatic hydroxyl groups is 1. The Labute approximate surface area is 61.2 Å². The highest BCUT2D eigenvalue weighted by Gasteiger charge is 2.17. The summed E-state index contributed by atoms with van der Waals surface area (Å²) in [7, 11) is 0. The number of hydrogen-bond acceptors (Lipinski definition) is 3. The van der Waals surface area contributed by atoms with Crippen LogP contribution in [-0.2, 0) is 4.79 Å². The second-order valence-corrected chi connectivity index (χ2v) is 2.51. The average molecular weight is 145 g/mol. The SMILES string of the molecule is CCCC(N)C(O)C(C)=O. The fraction of sp³-hybridized carbons (Fsp3) is 0.857. The van der Waals surface area contributed by atoms with Gasteiger partial charge in [-0.3, -0.25) is 4.79 Å². The Bertz CT molecular complexity index is 114. The topological polar surface area (TPSA) is 63.3 Å². The number of aliphatic hydroxyl groups excluding tert-OH is 1. The van der Waals surface area contributed by atoms with Crippen LogP contribution in [0.25, 0.3) is 0 Å². The quantitative estimate of drug-likeness (QED) is 0.588. The van der Waals surface area contributed by atoms with Crippen LogP contribution in [0.4, 0.5) is 0 Å². The van der Waals surface area contributed by atoms with Crippen molar-refractivity contribution >= 4 is 5.78 Å². The van der Waals surface area contributed by atoms with Crippen LogP contribution in [0.5, 0.6) is 0 Å². The molecule has 0 radical (unpaired) electrons. The molecule has 3 heteroatoms. The molecule has 2 atom stereocenters. The summed E-state index contributed by atoms with van der Waals surface area (Å²) in [4.78, 5) is 10.5. The lowest BCUT2D eigenvalue weighted by molar-refractivity contribution is -0.125. The summed E-state index contributed by atoms with van der Waals surface area (Å²) in [6.45, 7) is 3.31. The van der Waals surface area contributed by atoms with Gasteiger partial charge < -0.3 is 10.8 Å². The van der Waals surface area contributed by atoms with Crippen molar-refractivity contribution in [2.45, 2.75) is 38.8 Å². The molecule has 0 bridgehead atoms. The van der Waals surface area contributed by atoms with Crippen LogP contribution >= 0.6 is 0 Å². The van der Waals surface area contributed by atoms with Crippen molar-refractivity contribution < 1.29 is 9.90 Å². The fourth-order valence-corrected chi connectivity index (χ4v) is 0.793. The van der Waals surface area contributed by atoms with Gasteiger partial charge in [0.15, 0.2) is 5.78 Å². The highest BCUT2D eigenvalue weighted by Crippen LogP contribution is 1.99. The molecule has 3 N–H and O–H groups in total. The zero-order valence-corrected chi connectivity index (χ0v) is 6.50. The van der Waals surface area contributed by atoms with Gasteiger partial charge in [0.2, 0.25) is 0 Å². The number of carbonyl (C=O) groups excluding carboxylic acids is 1. The lowest BCUT2D eigenvalue weighted by Crippen LogP contribution is -2.39. The third kappa shape index (κ3) is 2.94. The summed E-state index contributed by atoms with van der Waals surface area (Å²) in [5.74, 6) is -0.249. The summed E-state index contributed by atoms with van der Waals surface area (Å²) in [5, 5.41) is 9.05. The van der Waals surface area contributed by atoms with Crippen LogP contribution in [0.3, 0.4) is 0 Å². The van der Waals surface area contributed by atoms with Crippen LogP contribution in [0.2, 0.25) is 0 Å². The van der Waals surface area contributed by atoms with Crippen molar-refractivity contribution in [2.75, 3.05) is 0 Å². The van der Waals surface area contributed by atoms with Gasteiger partial charge in [-0.25, -0.2) is 0 Å². The molecule has 0 rings (SSSR count). The third-order valence-corrected chi connectivity index (χ3v) is 1.44. The molecule has 0 amide bonds. The van der Waals surface area contributed by atoms with Crippen LogP contribution < -0.4 is 5.73 Å². The van der Waals surface area contributed by atoms with Crippen molar-refractivity contribution in [3.05, 3.63) is 0 Å². The number of ketones is 1. The molecule has 0 heterocycles. The van der Waals surface area contributed by atoms with E-state index in [-0.39, 0.29) is 11.8 Å². The normalized spacial score (nSPS) is 16.4. The largest absolute Gasteiger partial charge is 0.384 e. The second kappa shape index (κ2) is 4.41. The number of hydrogen-bond donors (Lipinski definition) is 2. The molecule has 0 spiro atoms. The summed E-state index contributed by atoms with van der Waals surface area (Å²) in [5.41, 5.74) is 5.46. The molecule has 0 saturated carbocycles. The van der Waals surface area contributed by atoms with Gasteiger partial charge in [0.25, 0.3) is 0 Å². The molecule has 0 aromatic heterocycles. The van der Waals surface area contributed by atoms with Crippen molar-refractivity contribution in [3.63, 3.8) is 0 Å². The third-order valence-electron chi connectivity index (χ3n) is 1.44. The maximum atomic E-state index is 10.5. The number of Topliss-reactive ketones (excluding diaryl/α,β-unsaturated/α-hetero) is 1. The van der Waals surface area contributed by atoms with Crippen LogP contribution in [0, 0.1) is 0 Å². The minimum Gasteiger partial charge on any atom is -0.384 e. The minimum absolute atomic E-state index is 0.249. The lowest BCUT2D eigenvalue weighted by Gasteiger charge is -2.14. The first-order chi connectivity index (χ1) is 4.59. The van der Waals surface area contributed by atoms with Gasteiger partial charge in [-0.1, -0.05) is 13.3 Å². The first-order valence-corrected chi connectivity index (χ1v) is 3.53. The van der Waals surface area contributed by atoms with E-state index >= 15 is 0 Å². The van der Waals surface area contributed by atoms with E-state index in [4.69, 9.17) is 10.8 Å². The first kappa shape index (κ1) is 9.59. The van der Waals surface area contributed by atoms with Gasteiger partial charge in [0.1, 0.15) is 6.10 Å². The van der Waals surface area contributed by atoms with Gasteiger partial charge in [0.05, 0.1) is 0 Å². The molecule has 0 aromatic rings. The summed E-state index contributed by atoms with van der Waals surface area (Å²) >= 11 is 0. The molecular weight excluding hydrogens is 130 g/mol. The molecule has 10 heavy (non-hydrogen) atoms. The van der Waals surface area contributed by atoms with Gasteiger partial charge in [0, 0.05) is 6.04 Å². The average Bonchev–Trinajstić information content (AvgIpc) is 1.87. The predicted octanol–water partition coefficient (Wildman–Crippen LogP) is 0.0637. The van der Waals surface area contributed by atoms with Gasteiger partial charge in [-0.2, -0.15) is 0 Å². The van der Waals surface area contributed by atoms with Gasteiger partial charge >= 0.3 is 0 Å². The molecule has 0 saturated heterocycles. The van der Waals surface area contributed by atoms with E-state index in [9.17, 15) is 4.79 Å². The summed E-state index contributed by atoms with van der Waals surface area (Å²) in [6.07, 6.45) is 0.617. The summed E-state index contributed by atoms with van der Waals surface area (Å²) < 4.78 is 0. The Kier molecular flexibility index (Phi) is 4.23. The van der Waals surface area contributed by atoms with Crippen LogP contribution in [0.15, 0.2) is 0 Å². The van der Waals surface area contributed by atoms with E-state index in [2.05, 4.69) is 0 Å². The maximum Gasteiger partial charge on any atom is 0.159 e. The molecule has 60 valence electrons. The van der Waals surface area contributed by atoms with E-state index < -0.39 is 6.10 Å². The summed E-state index contributed by atoms with van der Waals surface area (Å²) in [6, 6.07) is -0.387. The Morgan fingerprint density at radius 2 is 2.20 bits per heavy atom. The standard InChI is InChI=1S/C7H15NO2/c1-3-4-6(8)7(10)5(2)9/h6-7,10H,3-4,8H2,1-2H3. The number of nitrogens with two attached hydrogens (primary N) is 1. The van der Waals surface area contributed by atoms with E-state index in [1.807, 2.05) is 6.92 Å². The maximum absolute atomic E-state index is 10.5. The smallest absolute Gasteiger partial charge is 0.159 e.